The summed E-state index contributed by atoms with van der Waals surface area (Å²) in [5.41, 5.74) is 12.6. The average molecular weight is 541 g/mol. The van der Waals surface area contributed by atoms with E-state index in [1.165, 1.54) is 6.07 Å². The third kappa shape index (κ3) is 7.46. The third-order valence-electron chi connectivity index (χ3n) is 6.40. The van der Waals surface area contributed by atoms with Crippen molar-refractivity contribution in [3.05, 3.63) is 69.2 Å². The van der Waals surface area contributed by atoms with Crippen LogP contribution in [0.3, 0.4) is 0 Å². The molecule has 2 aromatic carbocycles. The van der Waals surface area contributed by atoms with Crippen LogP contribution in [-0.4, -0.2) is 37.3 Å². The van der Waals surface area contributed by atoms with E-state index in [-0.39, 0.29) is 57.6 Å². The molecule has 6 nitrogen and oxygen atoms in total. The fourth-order valence-electron chi connectivity index (χ4n) is 4.42. The molecule has 4 atom stereocenters. The van der Waals surface area contributed by atoms with Crippen LogP contribution in [0.1, 0.15) is 62.5 Å². The van der Waals surface area contributed by atoms with Crippen LogP contribution in [0, 0.1) is 11.6 Å². The molecule has 2 aromatic rings. The predicted octanol–water partition coefficient (Wildman–Crippen LogP) is 6.15. The highest BCUT2D eigenvalue weighted by Crippen LogP contribution is 2.32. The molecule has 0 spiro atoms. The average Bonchev–Trinajstić information content (AvgIpc) is 3.47. The normalized spacial score (nSPS) is 20.4. The Bertz CT molecular complexity index is 1100. The van der Waals surface area contributed by atoms with E-state index in [1.54, 1.807) is 30.3 Å². The van der Waals surface area contributed by atoms with E-state index >= 15 is 0 Å². The molecule has 0 radical (unpaired) electrons. The molecule has 0 aliphatic carbocycles. The minimum atomic E-state index is -0.387. The number of aliphatic imine (C=N–C) groups is 2. The number of hydrogen-bond acceptors (Lipinski definition) is 6. The standard InChI is InChI=1S/2C13H16ClFN2O/c1-2-8(5-10-7-18-13(16)17-10)9-3-4-12(15)11(14)6-9;1-2-8(6-9-7-18-13(16)17-9)10-4-3-5-11(14)12(10)15/h3-4,6,8,10H,2,5,7H2,1H3,(H2,16,17);3-5,8-9H,2,6-7H2,1H3,(H2,16,17)/t8?,10-;8?,9-/m00/s1. The van der Waals surface area contributed by atoms with E-state index in [0.29, 0.717) is 25.2 Å². The Balaban J connectivity index is 0.000000201. The summed E-state index contributed by atoms with van der Waals surface area (Å²) in [7, 11) is 0. The number of rotatable bonds is 8. The second-order valence-corrected chi connectivity index (χ2v) is 9.68. The molecule has 10 heteroatoms. The Morgan fingerprint density at radius 3 is 1.97 bits per heavy atom. The zero-order chi connectivity index (χ0) is 26.2. The lowest BCUT2D eigenvalue weighted by atomic mass is 9.90. The van der Waals surface area contributed by atoms with Gasteiger partial charge in [0.15, 0.2) is 0 Å². The second-order valence-electron chi connectivity index (χ2n) is 8.86. The van der Waals surface area contributed by atoms with Crippen LogP contribution in [0.5, 0.6) is 0 Å². The van der Waals surface area contributed by atoms with Crippen molar-refractivity contribution in [2.24, 2.45) is 21.5 Å². The van der Waals surface area contributed by atoms with Gasteiger partial charge in [-0.05, 0) is 66.8 Å². The maximum Gasteiger partial charge on any atom is 0.282 e. The van der Waals surface area contributed by atoms with Crippen molar-refractivity contribution >= 4 is 35.2 Å². The van der Waals surface area contributed by atoms with E-state index in [0.717, 1.165) is 24.8 Å². The summed E-state index contributed by atoms with van der Waals surface area (Å²) in [6.45, 7) is 5.11. The molecule has 0 saturated heterocycles. The molecule has 196 valence electrons. The van der Waals surface area contributed by atoms with Crippen LogP contribution in [0.15, 0.2) is 46.4 Å². The number of ether oxygens (including phenoxy) is 2. The van der Waals surface area contributed by atoms with Gasteiger partial charge in [0.25, 0.3) is 12.0 Å². The highest BCUT2D eigenvalue weighted by atomic mass is 35.5. The van der Waals surface area contributed by atoms with Gasteiger partial charge in [-0.2, -0.15) is 0 Å². The molecule has 4 rings (SSSR count). The minimum Gasteiger partial charge on any atom is -0.463 e. The Kier molecular flexibility index (Phi) is 10.2. The van der Waals surface area contributed by atoms with E-state index in [1.807, 2.05) is 6.92 Å². The fourth-order valence-corrected chi connectivity index (χ4v) is 4.80. The summed E-state index contributed by atoms with van der Waals surface area (Å²) in [6.07, 6.45) is 3.31. The maximum atomic E-state index is 14.0. The number of nitrogens with zero attached hydrogens (tertiary/aromatic N) is 2. The summed E-state index contributed by atoms with van der Waals surface area (Å²) >= 11 is 11.6. The largest absolute Gasteiger partial charge is 0.463 e. The molecular weight excluding hydrogens is 509 g/mol. The van der Waals surface area contributed by atoms with Gasteiger partial charge in [0.05, 0.1) is 22.1 Å². The van der Waals surface area contributed by atoms with Crippen molar-refractivity contribution in [3.63, 3.8) is 0 Å². The van der Waals surface area contributed by atoms with Crippen LogP contribution < -0.4 is 11.5 Å². The Morgan fingerprint density at radius 1 is 0.889 bits per heavy atom. The molecule has 2 aliphatic heterocycles. The molecule has 0 saturated carbocycles. The topological polar surface area (TPSA) is 95.2 Å². The van der Waals surface area contributed by atoms with Crippen molar-refractivity contribution in [2.75, 3.05) is 13.2 Å². The smallest absolute Gasteiger partial charge is 0.282 e. The van der Waals surface area contributed by atoms with Gasteiger partial charge in [-0.1, -0.05) is 55.2 Å². The van der Waals surface area contributed by atoms with E-state index in [9.17, 15) is 8.78 Å². The minimum absolute atomic E-state index is 0.00771. The SMILES string of the molecule is CCC(C[C@H]1COC(N)=N1)c1ccc(F)c(Cl)c1.CCC(C[C@H]1COC(N)=N1)c1cccc(Cl)c1F. The number of amidine groups is 2. The van der Waals surface area contributed by atoms with Gasteiger partial charge in [0, 0.05) is 0 Å². The highest BCUT2D eigenvalue weighted by Gasteiger charge is 2.24. The number of nitrogens with two attached hydrogens (primary N) is 2. The first-order valence-corrected chi connectivity index (χ1v) is 12.8. The Labute approximate surface area is 220 Å². The predicted molar refractivity (Wildman–Crippen MR) is 141 cm³/mol. The lowest BCUT2D eigenvalue weighted by Gasteiger charge is -2.18. The van der Waals surface area contributed by atoms with Gasteiger partial charge in [-0.15, -0.1) is 0 Å². The second kappa shape index (κ2) is 13.1. The van der Waals surface area contributed by atoms with Crippen molar-refractivity contribution < 1.29 is 18.3 Å². The molecule has 0 fully saturated rings. The van der Waals surface area contributed by atoms with Crippen LogP contribution in [0.4, 0.5) is 8.78 Å². The summed E-state index contributed by atoms with van der Waals surface area (Å²) in [5.74, 6) is -0.359. The first-order valence-electron chi connectivity index (χ1n) is 12.0. The molecule has 2 unspecified atom stereocenters. The zero-order valence-electron chi connectivity index (χ0n) is 20.4. The zero-order valence-corrected chi connectivity index (χ0v) is 21.9. The Hall–Kier alpha value is -2.58. The molecule has 0 bridgehead atoms. The van der Waals surface area contributed by atoms with Gasteiger partial charge in [-0.3, -0.25) is 0 Å². The van der Waals surface area contributed by atoms with Gasteiger partial charge >= 0.3 is 0 Å². The van der Waals surface area contributed by atoms with Crippen molar-refractivity contribution in [1.82, 2.24) is 0 Å². The summed E-state index contributed by atoms with van der Waals surface area (Å²) in [4.78, 5) is 8.38. The highest BCUT2D eigenvalue weighted by molar-refractivity contribution is 6.31. The number of hydrogen-bond donors (Lipinski definition) is 2. The molecular formula is C26H32Cl2F2N4O2. The van der Waals surface area contributed by atoms with Crippen LogP contribution in [-0.2, 0) is 9.47 Å². The molecule has 2 aliphatic rings. The molecule has 36 heavy (non-hydrogen) atoms. The van der Waals surface area contributed by atoms with E-state index in [2.05, 4.69) is 16.9 Å². The van der Waals surface area contributed by atoms with Crippen molar-refractivity contribution in [1.29, 1.82) is 0 Å². The maximum absolute atomic E-state index is 14.0. The lowest BCUT2D eigenvalue weighted by molar-refractivity contribution is 0.300. The van der Waals surface area contributed by atoms with Crippen LogP contribution in [0.25, 0.3) is 0 Å². The molecule has 4 N–H and O–H groups in total. The first-order chi connectivity index (χ1) is 17.2. The first kappa shape index (κ1) is 28.0. The summed E-state index contributed by atoms with van der Waals surface area (Å²) in [6, 6.07) is 10.5. The third-order valence-corrected chi connectivity index (χ3v) is 6.98. The van der Waals surface area contributed by atoms with Crippen molar-refractivity contribution in [2.45, 2.75) is 63.5 Å². The number of benzene rings is 2. The van der Waals surface area contributed by atoms with Crippen LogP contribution in [0.2, 0.25) is 10.0 Å². The van der Waals surface area contributed by atoms with E-state index < -0.39 is 0 Å². The molecule has 0 amide bonds. The number of halogens is 4. The molecule has 2 heterocycles. The van der Waals surface area contributed by atoms with E-state index in [4.69, 9.17) is 44.1 Å². The fraction of sp³-hybridized carbons (Fsp3) is 0.462. The van der Waals surface area contributed by atoms with Crippen molar-refractivity contribution in [3.8, 4) is 0 Å². The summed E-state index contributed by atoms with van der Waals surface area (Å²) in [5, 5.41) is 0.327. The quantitative estimate of drug-likeness (QED) is 0.419. The van der Waals surface area contributed by atoms with Gasteiger partial charge in [0.2, 0.25) is 0 Å². The molecule has 0 aromatic heterocycles. The van der Waals surface area contributed by atoms with Gasteiger partial charge in [-0.25, -0.2) is 18.8 Å². The summed E-state index contributed by atoms with van der Waals surface area (Å²) < 4.78 is 37.3. The van der Waals surface area contributed by atoms with Gasteiger partial charge < -0.3 is 20.9 Å². The Morgan fingerprint density at radius 2 is 1.47 bits per heavy atom. The van der Waals surface area contributed by atoms with Gasteiger partial charge in [0.1, 0.15) is 24.8 Å². The lowest BCUT2D eigenvalue weighted by Crippen LogP contribution is -2.13. The van der Waals surface area contributed by atoms with Crippen LogP contribution >= 0.6 is 23.2 Å². The monoisotopic (exact) mass is 540 g/mol.